The summed E-state index contributed by atoms with van der Waals surface area (Å²) in [5.74, 6) is 0.210. The Morgan fingerprint density at radius 1 is 1.32 bits per heavy atom. The number of hydrogen-bond donors (Lipinski definition) is 1. The van der Waals surface area contributed by atoms with Crippen LogP contribution in [-0.4, -0.2) is 12.6 Å². The van der Waals surface area contributed by atoms with Crippen LogP contribution in [0, 0.1) is 5.82 Å². The minimum absolute atomic E-state index is 0.179. The lowest BCUT2D eigenvalue weighted by atomic mass is 9.90. The number of nitrogens with one attached hydrogen (secondary N) is 1. The van der Waals surface area contributed by atoms with Crippen LogP contribution in [-0.2, 0) is 0 Å². The highest BCUT2D eigenvalue weighted by Crippen LogP contribution is 2.35. The summed E-state index contributed by atoms with van der Waals surface area (Å²) in [6.45, 7) is 3.25. The lowest BCUT2D eigenvalue weighted by Gasteiger charge is -2.22. The van der Waals surface area contributed by atoms with Crippen molar-refractivity contribution in [3.63, 3.8) is 0 Å². The van der Waals surface area contributed by atoms with Crippen molar-refractivity contribution in [3.8, 4) is 0 Å². The fraction of sp³-hybridized carbons (Fsp3) is 0.625. The minimum Gasteiger partial charge on any atom is -0.314 e. The molecule has 1 aliphatic carbocycles. The first-order chi connectivity index (χ1) is 9.20. The van der Waals surface area contributed by atoms with Gasteiger partial charge in [0.05, 0.1) is 0 Å². The summed E-state index contributed by atoms with van der Waals surface area (Å²) in [4.78, 5) is 0. The predicted octanol–water partition coefficient (Wildman–Crippen LogP) is 4.90. The maximum atomic E-state index is 13.4. The predicted molar refractivity (Wildman–Crippen MR) is 79.3 cm³/mol. The zero-order valence-corrected chi connectivity index (χ0v) is 12.3. The third-order valence-electron chi connectivity index (χ3n) is 4.01. The molecule has 0 bridgehead atoms. The summed E-state index contributed by atoms with van der Waals surface area (Å²) >= 11 is 6.25. The van der Waals surface area contributed by atoms with E-state index in [1.807, 2.05) is 0 Å². The van der Waals surface area contributed by atoms with Crippen molar-refractivity contribution < 1.29 is 4.39 Å². The van der Waals surface area contributed by atoms with Crippen molar-refractivity contribution in [1.29, 1.82) is 0 Å². The van der Waals surface area contributed by atoms with Crippen molar-refractivity contribution in [2.24, 2.45) is 0 Å². The molecule has 3 heteroatoms. The zero-order chi connectivity index (χ0) is 13.7. The third kappa shape index (κ3) is 4.19. The van der Waals surface area contributed by atoms with Gasteiger partial charge in [0.2, 0.25) is 0 Å². The molecule has 0 radical (unpaired) electrons. The molecule has 0 amide bonds. The Hall–Kier alpha value is -0.600. The number of hydrogen-bond acceptors (Lipinski definition) is 1. The van der Waals surface area contributed by atoms with Gasteiger partial charge in [-0.05, 0) is 61.9 Å². The Balaban J connectivity index is 2.10. The molecule has 106 valence electrons. The average molecular weight is 284 g/mol. The Morgan fingerprint density at radius 3 is 2.89 bits per heavy atom. The fourth-order valence-corrected chi connectivity index (χ4v) is 3.28. The Morgan fingerprint density at radius 2 is 2.11 bits per heavy atom. The molecule has 19 heavy (non-hydrogen) atoms. The van der Waals surface area contributed by atoms with E-state index >= 15 is 0 Å². The molecule has 0 saturated heterocycles. The van der Waals surface area contributed by atoms with Gasteiger partial charge < -0.3 is 5.32 Å². The Bertz CT molecular complexity index is 408. The normalized spacial score (nSPS) is 24.2. The highest BCUT2D eigenvalue weighted by Gasteiger charge is 2.23. The van der Waals surface area contributed by atoms with Gasteiger partial charge in [-0.1, -0.05) is 31.4 Å². The third-order valence-corrected chi connectivity index (χ3v) is 4.35. The molecule has 1 fully saturated rings. The smallest absolute Gasteiger partial charge is 0.123 e. The highest BCUT2D eigenvalue weighted by molar-refractivity contribution is 6.31. The fourth-order valence-electron chi connectivity index (χ4n) is 3.00. The molecule has 2 unspecified atom stereocenters. The van der Waals surface area contributed by atoms with Crippen molar-refractivity contribution >= 4 is 11.6 Å². The van der Waals surface area contributed by atoms with Crippen LogP contribution < -0.4 is 5.32 Å². The van der Waals surface area contributed by atoms with E-state index in [1.54, 1.807) is 12.1 Å². The molecule has 0 spiro atoms. The van der Waals surface area contributed by atoms with Gasteiger partial charge in [0.1, 0.15) is 5.82 Å². The molecule has 2 atom stereocenters. The first-order valence-corrected chi connectivity index (χ1v) is 7.76. The Labute approximate surface area is 120 Å². The zero-order valence-electron chi connectivity index (χ0n) is 11.6. The van der Waals surface area contributed by atoms with E-state index in [0.29, 0.717) is 17.0 Å². The second kappa shape index (κ2) is 7.25. The van der Waals surface area contributed by atoms with Gasteiger partial charge >= 0.3 is 0 Å². The molecule has 2 rings (SSSR count). The van der Waals surface area contributed by atoms with E-state index < -0.39 is 0 Å². The van der Waals surface area contributed by atoms with Crippen LogP contribution in [0.15, 0.2) is 18.2 Å². The van der Waals surface area contributed by atoms with Crippen LogP contribution >= 0.6 is 11.6 Å². The molecule has 1 nitrogen and oxygen atoms in total. The van der Waals surface area contributed by atoms with Crippen molar-refractivity contribution in [1.82, 2.24) is 5.32 Å². The molecule has 1 aliphatic rings. The number of benzene rings is 1. The van der Waals surface area contributed by atoms with Crippen LogP contribution in [0.3, 0.4) is 0 Å². The van der Waals surface area contributed by atoms with Gasteiger partial charge in [0.25, 0.3) is 0 Å². The number of rotatable bonds is 4. The van der Waals surface area contributed by atoms with Crippen LogP contribution in [0.5, 0.6) is 0 Å². The van der Waals surface area contributed by atoms with E-state index in [2.05, 4.69) is 12.2 Å². The van der Waals surface area contributed by atoms with Crippen LogP contribution in [0.25, 0.3) is 0 Å². The molecule has 1 saturated carbocycles. The summed E-state index contributed by atoms with van der Waals surface area (Å²) < 4.78 is 13.4. The van der Waals surface area contributed by atoms with E-state index in [1.165, 1.54) is 25.3 Å². The minimum atomic E-state index is -0.179. The van der Waals surface area contributed by atoms with Gasteiger partial charge in [-0.2, -0.15) is 0 Å². The van der Waals surface area contributed by atoms with E-state index in [0.717, 1.165) is 31.4 Å². The first kappa shape index (κ1) is 14.8. The van der Waals surface area contributed by atoms with Crippen LogP contribution in [0.4, 0.5) is 4.39 Å². The average Bonchev–Trinajstić information content (AvgIpc) is 2.64. The van der Waals surface area contributed by atoms with Crippen molar-refractivity contribution in [2.75, 3.05) is 6.54 Å². The monoisotopic (exact) mass is 283 g/mol. The van der Waals surface area contributed by atoms with Crippen LogP contribution in [0.2, 0.25) is 5.02 Å². The molecular formula is C16H23ClFN. The van der Waals surface area contributed by atoms with E-state index in [-0.39, 0.29) is 5.82 Å². The van der Waals surface area contributed by atoms with Crippen molar-refractivity contribution in [3.05, 3.63) is 34.6 Å². The number of halogens is 2. The molecule has 0 aliphatic heterocycles. The maximum Gasteiger partial charge on any atom is 0.123 e. The maximum absolute atomic E-state index is 13.4. The van der Waals surface area contributed by atoms with E-state index in [9.17, 15) is 4.39 Å². The molecule has 1 aromatic rings. The molecular weight excluding hydrogens is 261 g/mol. The largest absolute Gasteiger partial charge is 0.314 e. The van der Waals surface area contributed by atoms with Gasteiger partial charge in [0, 0.05) is 11.1 Å². The summed E-state index contributed by atoms with van der Waals surface area (Å²) in [6.07, 6.45) is 7.04. The van der Waals surface area contributed by atoms with Gasteiger partial charge in [-0.25, -0.2) is 4.39 Å². The van der Waals surface area contributed by atoms with Gasteiger partial charge in [-0.3, -0.25) is 0 Å². The summed E-state index contributed by atoms with van der Waals surface area (Å²) in [6, 6.07) is 5.29. The summed E-state index contributed by atoms with van der Waals surface area (Å²) in [7, 11) is 0. The topological polar surface area (TPSA) is 12.0 Å². The summed E-state index contributed by atoms with van der Waals surface area (Å²) in [5, 5.41) is 4.32. The standard InChI is InChI=1S/C16H23ClFN/c1-2-9-19-14-6-4-3-5-12(10-14)15-11-13(18)7-8-16(15)17/h7-8,11-12,14,19H,2-6,9-10H2,1H3. The molecule has 0 heterocycles. The second-order valence-corrected chi connectivity index (χ2v) is 5.94. The van der Waals surface area contributed by atoms with Gasteiger partial charge in [-0.15, -0.1) is 0 Å². The lowest BCUT2D eigenvalue weighted by molar-refractivity contribution is 0.439. The molecule has 0 aromatic heterocycles. The van der Waals surface area contributed by atoms with Crippen molar-refractivity contribution in [2.45, 2.75) is 57.4 Å². The quantitative estimate of drug-likeness (QED) is 0.776. The first-order valence-electron chi connectivity index (χ1n) is 7.39. The Kier molecular flexibility index (Phi) is 5.65. The van der Waals surface area contributed by atoms with Gasteiger partial charge in [0.15, 0.2) is 0 Å². The molecule has 1 aromatic carbocycles. The summed E-state index contributed by atoms with van der Waals surface area (Å²) in [5.41, 5.74) is 0.992. The highest BCUT2D eigenvalue weighted by atomic mass is 35.5. The SMILES string of the molecule is CCCNC1CCCCC(c2cc(F)ccc2Cl)C1. The van der Waals surface area contributed by atoms with E-state index in [4.69, 9.17) is 11.6 Å². The molecule has 1 N–H and O–H groups in total. The lowest BCUT2D eigenvalue weighted by Crippen LogP contribution is -2.30. The van der Waals surface area contributed by atoms with Crippen LogP contribution in [0.1, 0.15) is 56.9 Å². The second-order valence-electron chi connectivity index (χ2n) is 5.53.